The van der Waals surface area contributed by atoms with Crippen LogP contribution < -0.4 is 5.73 Å². The molecule has 108 valence electrons. The van der Waals surface area contributed by atoms with Gasteiger partial charge in [-0.25, -0.2) is 4.98 Å². The highest BCUT2D eigenvalue weighted by atomic mass is 35.5. The molecule has 0 spiro atoms. The van der Waals surface area contributed by atoms with Gasteiger partial charge in [-0.15, -0.1) is 11.3 Å². The van der Waals surface area contributed by atoms with Crippen LogP contribution in [0.15, 0.2) is 29.6 Å². The smallest absolute Gasteiger partial charge is 0.0897 e. The van der Waals surface area contributed by atoms with Gasteiger partial charge in [-0.1, -0.05) is 23.7 Å². The van der Waals surface area contributed by atoms with Crippen molar-refractivity contribution >= 4 is 22.9 Å². The molecule has 5 heteroatoms. The molecule has 1 aromatic carbocycles. The Morgan fingerprint density at radius 2 is 2.05 bits per heavy atom. The molecule has 20 heavy (non-hydrogen) atoms. The summed E-state index contributed by atoms with van der Waals surface area (Å²) in [4.78, 5) is 6.73. The van der Waals surface area contributed by atoms with Crippen molar-refractivity contribution in [2.45, 2.75) is 25.9 Å². The van der Waals surface area contributed by atoms with Gasteiger partial charge in [0.2, 0.25) is 0 Å². The van der Waals surface area contributed by atoms with E-state index < -0.39 is 0 Å². The van der Waals surface area contributed by atoms with Crippen molar-refractivity contribution in [2.24, 2.45) is 5.73 Å². The average molecular weight is 310 g/mol. The Balaban J connectivity index is 1.80. The van der Waals surface area contributed by atoms with E-state index in [4.69, 9.17) is 17.3 Å². The van der Waals surface area contributed by atoms with Crippen molar-refractivity contribution in [3.05, 3.63) is 50.9 Å². The van der Waals surface area contributed by atoms with Crippen LogP contribution in [-0.2, 0) is 6.54 Å². The van der Waals surface area contributed by atoms with E-state index >= 15 is 0 Å². The van der Waals surface area contributed by atoms with E-state index in [2.05, 4.69) is 22.3 Å². The predicted octanol–water partition coefficient (Wildman–Crippen LogP) is 3.63. The zero-order valence-electron chi connectivity index (χ0n) is 11.8. The molecular formula is C15H20ClN3S. The van der Waals surface area contributed by atoms with E-state index in [0.717, 1.165) is 40.8 Å². The minimum absolute atomic E-state index is 0.0480. The molecule has 1 atom stereocenters. The topological polar surface area (TPSA) is 42.2 Å². The van der Waals surface area contributed by atoms with E-state index in [9.17, 15) is 0 Å². The van der Waals surface area contributed by atoms with Gasteiger partial charge < -0.3 is 10.6 Å². The second-order valence-corrected chi connectivity index (χ2v) is 6.54. The van der Waals surface area contributed by atoms with Gasteiger partial charge in [-0.3, -0.25) is 0 Å². The number of aryl methyl sites for hydroxylation is 1. The summed E-state index contributed by atoms with van der Waals surface area (Å²) in [5, 5.41) is 3.98. The van der Waals surface area contributed by atoms with Gasteiger partial charge in [-0.05, 0) is 38.1 Å². The zero-order valence-corrected chi connectivity index (χ0v) is 13.4. The van der Waals surface area contributed by atoms with Gasteiger partial charge in [0.05, 0.1) is 10.7 Å². The van der Waals surface area contributed by atoms with Gasteiger partial charge >= 0.3 is 0 Å². The average Bonchev–Trinajstić information content (AvgIpc) is 2.82. The third-order valence-electron chi connectivity index (χ3n) is 3.22. The number of thiazole rings is 1. The highest BCUT2D eigenvalue weighted by molar-refractivity contribution is 7.09. The number of hydrogen-bond acceptors (Lipinski definition) is 4. The van der Waals surface area contributed by atoms with E-state index in [1.54, 1.807) is 11.3 Å². The first-order valence-corrected chi connectivity index (χ1v) is 7.91. The van der Waals surface area contributed by atoms with Crippen LogP contribution in [0.3, 0.4) is 0 Å². The summed E-state index contributed by atoms with van der Waals surface area (Å²) >= 11 is 7.58. The first kappa shape index (κ1) is 15.4. The lowest BCUT2D eigenvalue weighted by Crippen LogP contribution is -2.23. The zero-order chi connectivity index (χ0) is 14.5. The Morgan fingerprint density at radius 1 is 1.35 bits per heavy atom. The number of hydrogen-bond donors (Lipinski definition) is 1. The van der Waals surface area contributed by atoms with Gasteiger partial charge in [0, 0.05) is 29.5 Å². The third kappa shape index (κ3) is 4.56. The summed E-state index contributed by atoms with van der Waals surface area (Å²) in [6.07, 6.45) is 0.918. The molecule has 0 saturated heterocycles. The molecule has 0 saturated carbocycles. The van der Waals surface area contributed by atoms with E-state index in [0.29, 0.717) is 0 Å². The van der Waals surface area contributed by atoms with E-state index in [-0.39, 0.29) is 6.04 Å². The number of rotatable bonds is 6. The van der Waals surface area contributed by atoms with Crippen LogP contribution >= 0.6 is 22.9 Å². The summed E-state index contributed by atoms with van der Waals surface area (Å²) in [6, 6.07) is 7.82. The van der Waals surface area contributed by atoms with Crippen molar-refractivity contribution in [3.8, 4) is 0 Å². The fourth-order valence-electron chi connectivity index (χ4n) is 2.07. The maximum Gasteiger partial charge on any atom is 0.0897 e. The van der Waals surface area contributed by atoms with Crippen LogP contribution in [0.25, 0.3) is 0 Å². The SMILES string of the molecule is Cc1nc(CN(C)CCC(N)c2ccc(Cl)cc2)cs1. The molecule has 2 N–H and O–H groups in total. The Bertz CT molecular complexity index is 538. The van der Waals surface area contributed by atoms with Gasteiger partial charge in [-0.2, -0.15) is 0 Å². The van der Waals surface area contributed by atoms with Crippen molar-refractivity contribution in [3.63, 3.8) is 0 Å². The normalized spacial score (nSPS) is 12.8. The van der Waals surface area contributed by atoms with Gasteiger partial charge in [0.1, 0.15) is 0 Å². The van der Waals surface area contributed by atoms with Gasteiger partial charge in [0.25, 0.3) is 0 Å². The summed E-state index contributed by atoms with van der Waals surface area (Å²) in [7, 11) is 2.10. The molecule has 0 aliphatic rings. The summed E-state index contributed by atoms with van der Waals surface area (Å²) < 4.78 is 0. The highest BCUT2D eigenvalue weighted by Gasteiger charge is 2.09. The summed E-state index contributed by atoms with van der Waals surface area (Å²) in [5.41, 5.74) is 8.47. The molecule has 1 unspecified atom stereocenters. The molecule has 0 aliphatic heterocycles. The molecule has 0 aliphatic carbocycles. The van der Waals surface area contributed by atoms with E-state index in [1.807, 2.05) is 31.2 Å². The Kier molecular flexibility index (Phi) is 5.54. The van der Waals surface area contributed by atoms with Crippen molar-refractivity contribution in [1.82, 2.24) is 9.88 Å². The molecule has 1 heterocycles. The molecule has 0 fully saturated rings. The van der Waals surface area contributed by atoms with Gasteiger partial charge in [0.15, 0.2) is 0 Å². The second kappa shape index (κ2) is 7.18. The first-order valence-electron chi connectivity index (χ1n) is 6.65. The van der Waals surface area contributed by atoms with Crippen LogP contribution in [0.4, 0.5) is 0 Å². The minimum atomic E-state index is 0.0480. The molecule has 2 aromatic rings. The van der Waals surface area contributed by atoms with Crippen molar-refractivity contribution < 1.29 is 0 Å². The first-order chi connectivity index (χ1) is 9.54. The molecule has 2 rings (SSSR count). The number of nitrogens with two attached hydrogens (primary N) is 1. The number of aromatic nitrogens is 1. The van der Waals surface area contributed by atoms with Crippen molar-refractivity contribution in [2.75, 3.05) is 13.6 Å². The Labute approximate surface area is 129 Å². The fourth-order valence-corrected chi connectivity index (χ4v) is 2.80. The van der Waals surface area contributed by atoms with Crippen molar-refractivity contribution in [1.29, 1.82) is 0 Å². The summed E-state index contributed by atoms with van der Waals surface area (Å²) in [6.45, 7) is 3.85. The third-order valence-corrected chi connectivity index (χ3v) is 4.29. The molecule has 1 aromatic heterocycles. The Morgan fingerprint density at radius 3 is 2.65 bits per heavy atom. The highest BCUT2D eigenvalue weighted by Crippen LogP contribution is 2.18. The van der Waals surface area contributed by atoms with Crippen LogP contribution in [0, 0.1) is 6.92 Å². The molecule has 0 bridgehead atoms. The summed E-state index contributed by atoms with van der Waals surface area (Å²) in [5.74, 6) is 0. The van der Waals surface area contributed by atoms with Crippen LogP contribution in [0.2, 0.25) is 5.02 Å². The quantitative estimate of drug-likeness (QED) is 0.886. The number of nitrogens with zero attached hydrogens (tertiary/aromatic N) is 2. The largest absolute Gasteiger partial charge is 0.324 e. The molecule has 0 amide bonds. The molecular weight excluding hydrogens is 290 g/mol. The number of halogens is 1. The molecule has 0 radical (unpaired) electrons. The van der Waals surface area contributed by atoms with Crippen LogP contribution in [0.5, 0.6) is 0 Å². The van der Waals surface area contributed by atoms with Crippen LogP contribution in [0.1, 0.15) is 28.7 Å². The lowest BCUT2D eigenvalue weighted by atomic mass is 10.0. The minimum Gasteiger partial charge on any atom is -0.324 e. The molecule has 3 nitrogen and oxygen atoms in total. The monoisotopic (exact) mass is 309 g/mol. The second-order valence-electron chi connectivity index (χ2n) is 5.04. The number of benzene rings is 1. The standard InChI is InChI=1S/C15H20ClN3S/c1-11-18-14(10-20-11)9-19(2)8-7-15(17)12-3-5-13(16)6-4-12/h3-6,10,15H,7-9,17H2,1-2H3. The maximum atomic E-state index is 6.21. The lowest BCUT2D eigenvalue weighted by molar-refractivity contribution is 0.308. The fraction of sp³-hybridized carbons (Fsp3) is 0.400. The predicted molar refractivity (Wildman–Crippen MR) is 86.2 cm³/mol. The van der Waals surface area contributed by atoms with Crippen LogP contribution in [-0.4, -0.2) is 23.5 Å². The maximum absolute atomic E-state index is 6.21. The lowest BCUT2D eigenvalue weighted by Gasteiger charge is -2.18. The Hall–Kier alpha value is -0.940. The van der Waals surface area contributed by atoms with E-state index in [1.165, 1.54) is 0 Å².